The number of nitrogens with two attached hydrogens (primary N) is 1. The van der Waals surface area contributed by atoms with Crippen molar-refractivity contribution >= 4 is 15.9 Å². The monoisotopic (exact) mass is 353 g/mol. The molecule has 1 aromatic carbocycles. The number of amides is 1. The number of benzene rings is 1. The molecule has 2 atom stereocenters. The van der Waals surface area contributed by atoms with E-state index in [1.165, 1.54) is 12.1 Å². The largest absolute Gasteiger partial charge is 0.338 e. The number of carbonyl (C=O) groups excluding carboxylic acids is 1. The van der Waals surface area contributed by atoms with Crippen molar-refractivity contribution in [3.8, 4) is 0 Å². The van der Waals surface area contributed by atoms with Gasteiger partial charge >= 0.3 is 0 Å². The molecule has 24 heavy (non-hydrogen) atoms. The van der Waals surface area contributed by atoms with Crippen LogP contribution in [0.2, 0.25) is 0 Å². The Labute approximate surface area is 144 Å². The Morgan fingerprint density at radius 3 is 2.50 bits per heavy atom. The van der Waals surface area contributed by atoms with Crippen LogP contribution >= 0.6 is 0 Å². The van der Waals surface area contributed by atoms with Crippen molar-refractivity contribution in [1.29, 1.82) is 0 Å². The van der Waals surface area contributed by atoms with Crippen molar-refractivity contribution in [3.05, 3.63) is 29.8 Å². The zero-order chi connectivity index (χ0) is 17.9. The molecule has 2 rings (SSSR count). The Morgan fingerprint density at radius 2 is 1.96 bits per heavy atom. The molecular formula is C17H27N3O3S. The summed E-state index contributed by atoms with van der Waals surface area (Å²) in [4.78, 5) is 14.2. The van der Waals surface area contributed by atoms with Crippen LogP contribution in [0.15, 0.2) is 29.2 Å². The topological polar surface area (TPSA) is 83.7 Å². The van der Waals surface area contributed by atoms with Crippen molar-refractivity contribution in [3.63, 3.8) is 0 Å². The summed E-state index contributed by atoms with van der Waals surface area (Å²) in [6.45, 7) is 4.74. The van der Waals surface area contributed by atoms with Gasteiger partial charge in [-0.15, -0.1) is 0 Å². The van der Waals surface area contributed by atoms with Crippen LogP contribution in [0.3, 0.4) is 0 Å². The zero-order valence-electron chi connectivity index (χ0n) is 14.6. The van der Waals surface area contributed by atoms with E-state index in [0.717, 1.165) is 19.3 Å². The minimum absolute atomic E-state index is 0.0154. The first-order chi connectivity index (χ1) is 11.3. The number of carbonyl (C=O) groups is 1. The van der Waals surface area contributed by atoms with E-state index in [9.17, 15) is 13.2 Å². The highest BCUT2D eigenvalue weighted by Crippen LogP contribution is 2.25. The quantitative estimate of drug-likeness (QED) is 0.873. The Balaban J connectivity index is 2.21. The van der Waals surface area contributed by atoms with Crippen LogP contribution in [0, 0.1) is 0 Å². The maximum Gasteiger partial charge on any atom is 0.253 e. The number of sulfonamides is 1. The molecule has 0 aliphatic carbocycles. The highest BCUT2D eigenvalue weighted by Gasteiger charge is 2.31. The molecule has 2 unspecified atom stereocenters. The van der Waals surface area contributed by atoms with Gasteiger partial charge in [-0.05, 0) is 51.0 Å². The molecule has 0 bridgehead atoms. The second kappa shape index (κ2) is 7.63. The minimum atomic E-state index is -3.51. The lowest BCUT2D eigenvalue weighted by atomic mass is 10.1. The Morgan fingerprint density at radius 1 is 1.33 bits per heavy atom. The first-order valence-corrected chi connectivity index (χ1v) is 9.82. The van der Waals surface area contributed by atoms with Crippen molar-refractivity contribution in [2.24, 2.45) is 5.73 Å². The van der Waals surface area contributed by atoms with Crippen LogP contribution in [0.1, 0.15) is 43.5 Å². The average Bonchev–Trinajstić information content (AvgIpc) is 2.60. The Kier molecular flexibility index (Phi) is 6.01. The molecule has 7 heteroatoms. The first kappa shape index (κ1) is 18.9. The standard InChI is InChI=1S/C17H27N3O3S/c1-13-6-4-5-11-20(13)24(22,23)16-9-7-15(8-10-16)17(21)19(3)14(2)12-18/h7-10,13-14H,4-6,11-12,18H2,1-3H3. The molecule has 0 radical (unpaired) electrons. The number of piperidine rings is 1. The van der Waals surface area contributed by atoms with E-state index in [1.54, 1.807) is 28.4 Å². The molecule has 1 heterocycles. The van der Waals surface area contributed by atoms with E-state index in [1.807, 2.05) is 13.8 Å². The summed E-state index contributed by atoms with van der Waals surface area (Å²) < 4.78 is 27.1. The van der Waals surface area contributed by atoms with E-state index in [2.05, 4.69) is 0 Å². The van der Waals surface area contributed by atoms with E-state index in [-0.39, 0.29) is 22.9 Å². The summed E-state index contributed by atoms with van der Waals surface area (Å²) in [5, 5.41) is 0. The predicted molar refractivity (Wildman–Crippen MR) is 94.3 cm³/mol. The fourth-order valence-electron chi connectivity index (χ4n) is 2.90. The molecule has 1 aliphatic rings. The molecule has 2 N–H and O–H groups in total. The minimum Gasteiger partial charge on any atom is -0.338 e. The summed E-state index contributed by atoms with van der Waals surface area (Å²) in [5.41, 5.74) is 6.05. The molecule has 1 amide bonds. The predicted octanol–water partition coefficient (Wildman–Crippen LogP) is 1.67. The maximum absolute atomic E-state index is 12.8. The number of nitrogens with zero attached hydrogens (tertiary/aromatic N) is 2. The molecular weight excluding hydrogens is 326 g/mol. The van der Waals surface area contributed by atoms with Gasteiger partial charge in [-0.2, -0.15) is 4.31 Å². The third-order valence-electron chi connectivity index (χ3n) is 4.77. The zero-order valence-corrected chi connectivity index (χ0v) is 15.4. The summed E-state index contributed by atoms with van der Waals surface area (Å²) in [6.07, 6.45) is 2.84. The average molecular weight is 353 g/mol. The number of hydrogen-bond donors (Lipinski definition) is 1. The van der Waals surface area contributed by atoms with Crippen LogP contribution in [-0.4, -0.2) is 55.8 Å². The van der Waals surface area contributed by atoms with E-state index in [4.69, 9.17) is 5.73 Å². The van der Waals surface area contributed by atoms with Gasteiger partial charge in [-0.25, -0.2) is 8.42 Å². The van der Waals surface area contributed by atoms with Crippen molar-refractivity contribution in [1.82, 2.24) is 9.21 Å². The third kappa shape index (κ3) is 3.79. The maximum atomic E-state index is 12.8. The van der Waals surface area contributed by atoms with Gasteiger partial charge in [0, 0.05) is 37.8 Å². The number of rotatable bonds is 5. The van der Waals surface area contributed by atoms with Gasteiger partial charge in [0.1, 0.15) is 0 Å². The van der Waals surface area contributed by atoms with Gasteiger partial charge in [0.25, 0.3) is 5.91 Å². The molecule has 0 saturated carbocycles. The smallest absolute Gasteiger partial charge is 0.253 e. The van der Waals surface area contributed by atoms with Crippen molar-refractivity contribution < 1.29 is 13.2 Å². The second-order valence-corrected chi connectivity index (χ2v) is 8.38. The molecule has 1 aromatic rings. The van der Waals surface area contributed by atoms with Crippen LogP contribution in [0.4, 0.5) is 0 Å². The van der Waals surface area contributed by atoms with Gasteiger partial charge in [0.15, 0.2) is 0 Å². The lowest BCUT2D eigenvalue weighted by Crippen LogP contribution is -2.42. The van der Waals surface area contributed by atoms with Gasteiger partial charge in [-0.3, -0.25) is 4.79 Å². The summed E-state index contributed by atoms with van der Waals surface area (Å²) in [5.74, 6) is -0.164. The Bertz CT molecular complexity index is 673. The fraction of sp³-hybridized carbons (Fsp3) is 0.588. The fourth-order valence-corrected chi connectivity index (χ4v) is 4.60. The van der Waals surface area contributed by atoms with Crippen molar-refractivity contribution in [2.45, 2.75) is 50.1 Å². The molecule has 134 valence electrons. The van der Waals surface area contributed by atoms with Crippen LogP contribution in [0.25, 0.3) is 0 Å². The highest BCUT2D eigenvalue weighted by atomic mass is 32.2. The highest BCUT2D eigenvalue weighted by molar-refractivity contribution is 7.89. The van der Waals surface area contributed by atoms with Gasteiger partial charge in [0.2, 0.25) is 10.0 Å². The SMILES string of the molecule is CC(CN)N(C)C(=O)c1ccc(S(=O)(=O)N2CCCCC2C)cc1. The van der Waals surface area contributed by atoms with E-state index < -0.39 is 10.0 Å². The van der Waals surface area contributed by atoms with Crippen LogP contribution in [0.5, 0.6) is 0 Å². The molecule has 0 spiro atoms. The van der Waals surface area contributed by atoms with Gasteiger partial charge in [-0.1, -0.05) is 6.42 Å². The van der Waals surface area contributed by atoms with Crippen molar-refractivity contribution in [2.75, 3.05) is 20.1 Å². The summed E-state index contributed by atoms with van der Waals surface area (Å²) >= 11 is 0. The molecule has 0 aromatic heterocycles. The molecule has 1 saturated heterocycles. The Hall–Kier alpha value is -1.44. The summed E-state index contributed by atoms with van der Waals surface area (Å²) in [7, 11) is -1.81. The van der Waals surface area contributed by atoms with E-state index >= 15 is 0 Å². The molecule has 1 aliphatic heterocycles. The van der Waals surface area contributed by atoms with Gasteiger partial charge in [0.05, 0.1) is 4.90 Å². The lowest BCUT2D eigenvalue weighted by Gasteiger charge is -2.32. The summed E-state index contributed by atoms with van der Waals surface area (Å²) in [6, 6.07) is 6.12. The number of likely N-dealkylation sites (N-methyl/N-ethyl adjacent to an activating group) is 1. The van der Waals surface area contributed by atoms with Crippen LogP contribution in [-0.2, 0) is 10.0 Å². The van der Waals surface area contributed by atoms with Crippen LogP contribution < -0.4 is 5.73 Å². The number of hydrogen-bond acceptors (Lipinski definition) is 4. The first-order valence-electron chi connectivity index (χ1n) is 8.38. The third-order valence-corrected chi connectivity index (χ3v) is 6.80. The molecule has 1 fully saturated rings. The lowest BCUT2D eigenvalue weighted by molar-refractivity contribution is 0.0748. The normalized spacial score (nSPS) is 20.6. The van der Waals surface area contributed by atoms with Gasteiger partial charge < -0.3 is 10.6 Å². The van der Waals surface area contributed by atoms with E-state index in [0.29, 0.717) is 18.7 Å². The molecule has 6 nitrogen and oxygen atoms in total. The second-order valence-electron chi connectivity index (χ2n) is 6.49.